The first-order chi connectivity index (χ1) is 7.80. The van der Waals surface area contributed by atoms with E-state index < -0.39 is 0 Å². The van der Waals surface area contributed by atoms with Crippen LogP contribution in [0.1, 0.15) is 18.1 Å². The van der Waals surface area contributed by atoms with Gasteiger partial charge >= 0.3 is 0 Å². The fourth-order valence-corrected chi connectivity index (χ4v) is 1.73. The highest BCUT2D eigenvalue weighted by Crippen LogP contribution is 2.26. The molecule has 80 valence electrons. The number of fused-ring (bicyclic) bond motifs is 1. The van der Waals surface area contributed by atoms with Gasteiger partial charge in [0.15, 0.2) is 0 Å². The summed E-state index contributed by atoms with van der Waals surface area (Å²) in [6, 6.07) is 8.17. The van der Waals surface area contributed by atoms with E-state index in [9.17, 15) is 0 Å². The van der Waals surface area contributed by atoms with E-state index in [1.807, 2.05) is 18.2 Å². The number of rotatable bonds is 2. The van der Waals surface area contributed by atoms with Gasteiger partial charge in [-0.1, -0.05) is 13.0 Å². The molecule has 3 nitrogen and oxygen atoms in total. The Morgan fingerprint density at radius 1 is 1.38 bits per heavy atom. The lowest BCUT2D eigenvalue weighted by molar-refractivity contribution is 0.403. The summed E-state index contributed by atoms with van der Waals surface area (Å²) in [6.07, 6.45) is 2.51. The predicted molar refractivity (Wildman–Crippen MR) is 62.4 cm³/mol. The van der Waals surface area contributed by atoms with Gasteiger partial charge in [-0.05, 0) is 24.1 Å². The highest BCUT2D eigenvalue weighted by molar-refractivity contribution is 5.91. The van der Waals surface area contributed by atoms with Crippen LogP contribution in [0.3, 0.4) is 0 Å². The molecule has 1 heterocycles. The second kappa shape index (κ2) is 4.19. The van der Waals surface area contributed by atoms with E-state index in [1.54, 1.807) is 13.3 Å². The number of ether oxygens (including phenoxy) is 1. The smallest absolute Gasteiger partial charge is 0.221 e. The average Bonchev–Trinajstić information content (AvgIpc) is 2.36. The van der Waals surface area contributed by atoms with Gasteiger partial charge in [-0.2, -0.15) is 5.26 Å². The molecule has 16 heavy (non-hydrogen) atoms. The lowest BCUT2D eigenvalue weighted by atomic mass is 10.0. The Hall–Kier alpha value is -2.08. The molecule has 0 saturated heterocycles. The molecule has 1 aromatic heterocycles. The van der Waals surface area contributed by atoms with Crippen molar-refractivity contribution in [2.24, 2.45) is 0 Å². The second-order valence-corrected chi connectivity index (χ2v) is 3.53. The minimum Gasteiger partial charge on any atom is -0.481 e. The summed E-state index contributed by atoms with van der Waals surface area (Å²) in [5.74, 6) is 0.566. The third-order valence-electron chi connectivity index (χ3n) is 2.64. The monoisotopic (exact) mass is 212 g/mol. The molecule has 3 heteroatoms. The fraction of sp³-hybridized carbons (Fsp3) is 0.231. The Kier molecular flexibility index (Phi) is 2.74. The van der Waals surface area contributed by atoms with E-state index in [0.29, 0.717) is 11.4 Å². The van der Waals surface area contributed by atoms with Gasteiger partial charge in [0, 0.05) is 17.0 Å². The largest absolute Gasteiger partial charge is 0.481 e. The molecule has 2 rings (SSSR count). The molecule has 0 saturated carbocycles. The molecule has 0 fully saturated rings. The van der Waals surface area contributed by atoms with Gasteiger partial charge in [0.1, 0.15) is 6.07 Å². The van der Waals surface area contributed by atoms with E-state index in [2.05, 4.69) is 18.0 Å². The molecule has 0 amide bonds. The molecule has 2 aromatic rings. The maximum atomic E-state index is 9.03. The summed E-state index contributed by atoms with van der Waals surface area (Å²) in [5, 5.41) is 10.8. The third-order valence-corrected chi connectivity index (χ3v) is 2.64. The van der Waals surface area contributed by atoms with Crippen molar-refractivity contribution in [1.29, 1.82) is 5.26 Å². The molecule has 0 atom stereocenters. The summed E-state index contributed by atoms with van der Waals surface area (Å²) in [6.45, 7) is 2.09. The van der Waals surface area contributed by atoms with Crippen LogP contribution in [0.4, 0.5) is 0 Å². The number of methoxy groups -OCH3 is 1. The van der Waals surface area contributed by atoms with Crippen molar-refractivity contribution in [1.82, 2.24) is 4.98 Å². The highest BCUT2D eigenvalue weighted by Gasteiger charge is 2.07. The van der Waals surface area contributed by atoms with Crippen LogP contribution >= 0.6 is 0 Å². The zero-order valence-electron chi connectivity index (χ0n) is 9.32. The van der Waals surface area contributed by atoms with Gasteiger partial charge in [-0.3, -0.25) is 0 Å². The van der Waals surface area contributed by atoms with Crippen molar-refractivity contribution in [3.05, 3.63) is 35.5 Å². The molecular weight excluding hydrogens is 200 g/mol. The number of benzene rings is 1. The quantitative estimate of drug-likeness (QED) is 0.768. The Morgan fingerprint density at radius 3 is 2.81 bits per heavy atom. The summed E-state index contributed by atoms with van der Waals surface area (Å²) >= 11 is 0. The SMILES string of the molecule is CCc1ccc2c(OC)ncc(C#N)c2c1. The summed E-state index contributed by atoms with van der Waals surface area (Å²) in [4.78, 5) is 4.11. The molecule has 0 spiro atoms. The van der Waals surface area contributed by atoms with Crippen molar-refractivity contribution in [2.45, 2.75) is 13.3 Å². The zero-order valence-corrected chi connectivity index (χ0v) is 9.32. The standard InChI is InChI=1S/C13H12N2O/c1-3-9-4-5-11-12(6-9)10(7-14)8-15-13(11)16-2/h4-6,8H,3H2,1-2H3. The van der Waals surface area contributed by atoms with Gasteiger partial charge in [-0.25, -0.2) is 4.98 Å². The van der Waals surface area contributed by atoms with Gasteiger partial charge < -0.3 is 4.74 Å². The Morgan fingerprint density at radius 2 is 2.19 bits per heavy atom. The van der Waals surface area contributed by atoms with E-state index in [0.717, 1.165) is 17.2 Å². The van der Waals surface area contributed by atoms with Crippen LogP contribution in [0.5, 0.6) is 5.88 Å². The van der Waals surface area contributed by atoms with Crippen molar-refractivity contribution < 1.29 is 4.74 Å². The molecular formula is C13H12N2O. The van der Waals surface area contributed by atoms with Crippen LogP contribution in [0.25, 0.3) is 10.8 Å². The highest BCUT2D eigenvalue weighted by atomic mass is 16.5. The molecule has 1 aromatic carbocycles. The molecule has 0 aliphatic heterocycles. The number of pyridine rings is 1. The number of hydrogen-bond donors (Lipinski definition) is 0. The Bertz CT molecular complexity index is 570. The van der Waals surface area contributed by atoms with Crippen LogP contribution in [0.15, 0.2) is 24.4 Å². The van der Waals surface area contributed by atoms with Gasteiger partial charge in [-0.15, -0.1) is 0 Å². The second-order valence-electron chi connectivity index (χ2n) is 3.53. The normalized spacial score (nSPS) is 10.1. The van der Waals surface area contributed by atoms with Crippen LogP contribution in [-0.2, 0) is 6.42 Å². The van der Waals surface area contributed by atoms with E-state index in [4.69, 9.17) is 10.00 Å². The Balaban J connectivity index is 2.81. The van der Waals surface area contributed by atoms with E-state index in [1.165, 1.54) is 5.56 Å². The van der Waals surface area contributed by atoms with Crippen LogP contribution < -0.4 is 4.74 Å². The zero-order chi connectivity index (χ0) is 11.5. The maximum absolute atomic E-state index is 9.03. The van der Waals surface area contributed by atoms with Crippen LogP contribution in [-0.4, -0.2) is 12.1 Å². The van der Waals surface area contributed by atoms with Crippen molar-refractivity contribution in [2.75, 3.05) is 7.11 Å². The Labute approximate surface area is 94.3 Å². The number of nitrogens with zero attached hydrogens (tertiary/aromatic N) is 2. The third kappa shape index (κ3) is 1.59. The summed E-state index contributed by atoms with van der Waals surface area (Å²) in [7, 11) is 1.58. The van der Waals surface area contributed by atoms with Gasteiger partial charge in [0.05, 0.1) is 12.7 Å². The van der Waals surface area contributed by atoms with Crippen LogP contribution in [0, 0.1) is 11.3 Å². The van der Waals surface area contributed by atoms with E-state index >= 15 is 0 Å². The molecule has 0 bridgehead atoms. The lowest BCUT2D eigenvalue weighted by Crippen LogP contribution is -1.92. The molecule has 0 aliphatic rings. The lowest BCUT2D eigenvalue weighted by Gasteiger charge is -2.06. The summed E-state index contributed by atoms with van der Waals surface area (Å²) < 4.78 is 5.18. The summed E-state index contributed by atoms with van der Waals surface area (Å²) in [5.41, 5.74) is 1.79. The first kappa shape index (κ1) is 10.4. The minimum atomic E-state index is 0.566. The number of nitriles is 1. The van der Waals surface area contributed by atoms with Crippen LogP contribution in [0.2, 0.25) is 0 Å². The number of aryl methyl sites for hydroxylation is 1. The topological polar surface area (TPSA) is 45.9 Å². The van der Waals surface area contributed by atoms with Crippen molar-refractivity contribution in [3.63, 3.8) is 0 Å². The molecule has 0 N–H and O–H groups in total. The maximum Gasteiger partial charge on any atom is 0.221 e. The first-order valence-electron chi connectivity index (χ1n) is 5.16. The predicted octanol–water partition coefficient (Wildman–Crippen LogP) is 2.68. The molecule has 0 aliphatic carbocycles. The van der Waals surface area contributed by atoms with Crippen molar-refractivity contribution in [3.8, 4) is 11.9 Å². The first-order valence-corrected chi connectivity index (χ1v) is 5.16. The fourth-order valence-electron chi connectivity index (χ4n) is 1.73. The molecule has 0 radical (unpaired) electrons. The van der Waals surface area contributed by atoms with Gasteiger partial charge in [0.25, 0.3) is 0 Å². The van der Waals surface area contributed by atoms with Crippen molar-refractivity contribution >= 4 is 10.8 Å². The number of aromatic nitrogens is 1. The average molecular weight is 212 g/mol. The minimum absolute atomic E-state index is 0.566. The van der Waals surface area contributed by atoms with E-state index in [-0.39, 0.29) is 0 Å². The molecule has 0 unspecified atom stereocenters. The van der Waals surface area contributed by atoms with Gasteiger partial charge in [0.2, 0.25) is 5.88 Å². The number of hydrogen-bond acceptors (Lipinski definition) is 3.